The van der Waals surface area contributed by atoms with E-state index in [9.17, 15) is 10.1 Å². The number of aromatic nitrogens is 3. The summed E-state index contributed by atoms with van der Waals surface area (Å²) in [4.78, 5) is 14.4. The van der Waals surface area contributed by atoms with Crippen molar-refractivity contribution in [2.75, 3.05) is 11.9 Å². The smallest absolute Gasteiger partial charge is 0.312 e. The van der Waals surface area contributed by atoms with Gasteiger partial charge in [0.15, 0.2) is 0 Å². The van der Waals surface area contributed by atoms with E-state index < -0.39 is 4.92 Å². The molecule has 0 saturated heterocycles. The fourth-order valence-electron chi connectivity index (χ4n) is 1.58. The molecule has 2 aromatic heterocycles. The molecule has 0 spiro atoms. The summed E-state index contributed by atoms with van der Waals surface area (Å²) in [5.74, 6) is 0.286. The summed E-state index contributed by atoms with van der Waals surface area (Å²) >= 11 is 3.17. The van der Waals surface area contributed by atoms with Crippen LogP contribution in [0.15, 0.2) is 35.2 Å². The molecule has 7 nitrogen and oxygen atoms in total. The summed E-state index contributed by atoms with van der Waals surface area (Å²) in [6, 6.07) is 3.29. The van der Waals surface area contributed by atoms with E-state index >= 15 is 0 Å². The number of pyridine rings is 1. The second-order valence-corrected chi connectivity index (χ2v) is 4.74. The highest BCUT2D eigenvalue weighted by atomic mass is 79.9. The zero-order valence-corrected chi connectivity index (χ0v) is 11.6. The average molecular weight is 326 g/mol. The molecule has 0 unspecified atom stereocenters. The van der Waals surface area contributed by atoms with Gasteiger partial charge < -0.3 is 5.32 Å². The van der Waals surface area contributed by atoms with Crippen molar-refractivity contribution in [2.45, 2.75) is 13.0 Å². The van der Waals surface area contributed by atoms with Crippen molar-refractivity contribution >= 4 is 27.4 Å². The first-order valence-electron chi connectivity index (χ1n) is 5.68. The van der Waals surface area contributed by atoms with Gasteiger partial charge in [-0.05, 0) is 28.4 Å². The quantitative estimate of drug-likeness (QED) is 0.501. The van der Waals surface area contributed by atoms with Crippen LogP contribution < -0.4 is 5.32 Å². The molecule has 0 fully saturated rings. The number of aryl methyl sites for hydroxylation is 1. The summed E-state index contributed by atoms with van der Waals surface area (Å²) in [6.07, 6.45) is 5.92. The zero-order chi connectivity index (χ0) is 13.7. The second-order valence-electron chi connectivity index (χ2n) is 3.83. The van der Waals surface area contributed by atoms with Crippen LogP contribution in [0.5, 0.6) is 0 Å². The van der Waals surface area contributed by atoms with Gasteiger partial charge in [0.05, 0.1) is 4.92 Å². The highest BCUT2D eigenvalue weighted by molar-refractivity contribution is 9.10. The number of hydrogen-bond donors (Lipinski definition) is 1. The molecule has 0 radical (unpaired) electrons. The number of nitrogens with one attached hydrogen (secondary N) is 1. The van der Waals surface area contributed by atoms with E-state index in [0.29, 0.717) is 11.0 Å². The van der Waals surface area contributed by atoms with Gasteiger partial charge in [-0.15, -0.1) is 0 Å². The monoisotopic (exact) mass is 325 g/mol. The third-order valence-electron chi connectivity index (χ3n) is 2.45. The molecule has 0 bridgehead atoms. The van der Waals surface area contributed by atoms with Gasteiger partial charge in [-0.1, -0.05) is 0 Å². The van der Waals surface area contributed by atoms with Crippen LogP contribution in [-0.2, 0) is 6.54 Å². The van der Waals surface area contributed by atoms with Gasteiger partial charge in [-0.25, -0.2) is 4.98 Å². The summed E-state index contributed by atoms with van der Waals surface area (Å²) in [5, 5.41) is 17.9. The van der Waals surface area contributed by atoms with Crippen molar-refractivity contribution in [1.82, 2.24) is 14.8 Å². The van der Waals surface area contributed by atoms with Crippen molar-refractivity contribution in [3.05, 3.63) is 45.3 Å². The van der Waals surface area contributed by atoms with Gasteiger partial charge in [0, 0.05) is 42.2 Å². The maximum atomic E-state index is 10.9. The topological polar surface area (TPSA) is 85.9 Å². The van der Waals surface area contributed by atoms with Gasteiger partial charge in [-0.3, -0.25) is 14.8 Å². The predicted octanol–water partition coefficient (Wildman–Crippen LogP) is 2.45. The SMILES string of the molecule is O=[N+]([O-])c1cc(Br)cnc1NCCCn1cccn1. The Morgan fingerprint density at radius 2 is 2.37 bits per heavy atom. The fourth-order valence-corrected chi connectivity index (χ4v) is 1.90. The van der Waals surface area contributed by atoms with Crippen molar-refractivity contribution in [3.8, 4) is 0 Å². The summed E-state index contributed by atoms with van der Waals surface area (Å²) in [6.45, 7) is 1.35. The van der Waals surface area contributed by atoms with E-state index in [2.05, 4.69) is 31.3 Å². The Balaban J connectivity index is 1.90. The molecule has 0 atom stereocenters. The lowest BCUT2D eigenvalue weighted by molar-refractivity contribution is -0.384. The Labute approximate surface area is 117 Å². The van der Waals surface area contributed by atoms with Crippen LogP contribution >= 0.6 is 15.9 Å². The molecular formula is C11H12BrN5O2. The van der Waals surface area contributed by atoms with Crippen molar-refractivity contribution in [2.24, 2.45) is 0 Å². The molecule has 0 saturated carbocycles. The van der Waals surface area contributed by atoms with E-state index in [1.807, 2.05) is 16.9 Å². The van der Waals surface area contributed by atoms with Gasteiger partial charge >= 0.3 is 5.69 Å². The second kappa shape index (κ2) is 6.28. The van der Waals surface area contributed by atoms with Crippen molar-refractivity contribution in [3.63, 3.8) is 0 Å². The molecule has 0 aliphatic rings. The molecule has 0 aromatic carbocycles. The third kappa shape index (κ3) is 3.75. The Bertz CT molecular complexity index is 558. The van der Waals surface area contributed by atoms with Gasteiger partial charge in [0.2, 0.25) is 5.82 Å². The Kier molecular flexibility index (Phi) is 4.45. The number of nitro groups is 1. The molecule has 1 N–H and O–H groups in total. The lowest BCUT2D eigenvalue weighted by Gasteiger charge is -2.06. The predicted molar refractivity (Wildman–Crippen MR) is 73.9 cm³/mol. The molecular weight excluding hydrogens is 314 g/mol. The molecule has 100 valence electrons. The van der Waals surface area contributed by atoms with Crippen LogP contribution in [0.4, 0.5) is 11.5 Å². The van der Waals surface area contributed by atoms with Gasteiger partial charge in [0.1, 0.15) is 0 Å². The van der Waals surface area contributed by atoms with Crippen molar-refractivity contribution < 1.29 is 4.92 Å². The van der Waals surface area contributed by atoms with E-state index in [0.717, 1.165) is 13.0 Å². The van der Waals surface area contributed by atoms with Crippen LogP contribution in [0.3, 0.4) is 0 Å². The molecule has 0 aliphatic heterocycles. The number of rotatable bonds is 6. The summed E-state index contributed by atoms with van der Waals surface area (Å²) in [7, 11) is 0. The first kappa shape index (κ1) is 13.5. The minimum atomic E-state index is -0.451. The van der Waals surface area contributed by atoms with Crippen LogP contribution in [-0.4, -0.2) is 26.2 Å². The fraction of sp³-hybridized carbons (Fsp3) is 0.273. The van der Waals surface area contributed by atoms with Crippen molar-refractivity contribution in [1.29, 1.82) is 0 Å². The molecule has 0 amide bonds. The Hall–Kier alpha value is -1.96. The molecule has 8 heteroatoms. The highest BCUT2D eigenvalue weighted by Gasteiger charge is 2.15. The molecule has 0 aliphatic carbocycles. The third-order valence-corrected chi connectivity index (χ3v) is 2.88. The normalized spacial score (nSPS) is 10.4. The summed E-state index contributed by atoms with van der Waals surface area (Å²) in [5.41, 5.74) is -0.0338. The maximum absolute atomic E-state index is 10.9. The minimum absolute atomic E-state index is 0.0338. The van der Waals surface area contributed by atoms with E-state index in [1.165, 1.54) is 12.3 Å². The lowest BCUT2D eigenvalue weighted by Crippen LogP contribution is -2.09. The van der Waals surface area contributed by atoms with Gasteiger partial charge in [0.25, 0.3) is 0 Å². The zero-order valence-electron chi connectivity index (χ0n) is 9.99. The first-order chi connectivity index (χ1) is 9.16. The maximum Gasteiger partial charge on any atom is 0.312 e. The Morgan fingerprint density at radius 3 is 3.05 bits per heavy atom. The molecule has 19 heavy (non-hydrogen) atoms. The standard InChI is InChI=1S/C11H12BrN5O2/c12-9-7-10(17(18)19)11(14-8-9)13-3-1-5-16-6-2-4-15-16/h2,4,6-8H,1,3,5H2,(H,13,14). The van der Waals surface area contributed by atoms with Gasteiger partial charge in [-0.2, -0.15) is 5.10 Å². The highest BCUT2D eigenvalue weighted by Crippen LogP contribution is 2.25. The van der Waals surface area contributed by atoms with E-state index in [-0.39, 0.29) is 11.5 Å². The Morgan fingerprint density at radius 1 is 1.53 bits per heavy atom. The largest absolute Gasteiger partial charge is 0.364 e. The minimum Gasteiger partial charge on any atom is -0.364 e. The first-order valence-corrected chi connectivity index (χ1v) is 6.47. The molecule has 2 heterocycles. The van der Waals surface area contributed by atoms with Crippen LogP contribution in [0, 0.1) is 10.1 Å². The lowest BCUT2D eigenvalue weighted by atomic mass is 10.3. The summed E-state index contributed by atoms with van der Waals surface area (Å²) < 4.78 is 2.40. The average Bonchev–Trinajstić information content (AvgIpc) is 2.89. The van der Waals surface area contributed by atoms with Crippen LogP contribution in [0.2, 0.25) is 0 Å². The number of halogens is 1. The van der Waals surface area contributed by atoms with E-state index in [1.54, 1.807) is 6.20 Å². The number of anilines is 1. The van der Waals surface area contributed by atoms with E-state index in [4.69, 9.17) is 0 Å². The van der Waals surface area contributed by atoms with Crippen LogP contribution in [0.25, 0.3) is 0 Å². The molecule has 2 aromatic rings. The number of hydrogen-bond acceptors (Lipinski definition) is 5. The molecule has 2 rings (SSSR count). The van der Waals surface area contributed by atoms with Crippen LogP contribution in [0.1, 0.15) is 6.42 Å². The number of nitrogens with zero attached hydrogens (tertiary/aromatic N) is 4.